The lowest BCUT2D eigenvalue weighted by atomic mass is 10.0. The maximum atomic E-state index is 4.63. The van der Waals surface area contributed by atoms with Crippen LogP contribution in [-0.2, 0) is 0 Å². The van der Waals surface area contributed by atoms with Gasteiger partial charge in [-0.25, -0.2) is 0 Å². The highest BCUT2D eigenvalue weighted by atomic mass is 14.7. The Morgan fingerprint density at radius 3 is 2.32 bits per heavy atom. The highest BCUT2D eigenvalue weighted by Gasteiger charge is 2.03. The van der Waals surface area contributed by atoms with Crippen molar-refractivity contribution in [3.63, 3.8) is 0 Å². The van der Waals surface area contributed by atoms with Gasteiger partial charge in [-0.05, 0) is 27.3 Å². The van der Waals surface area contributed by atoms with E-state index in [2.05, 4.69) is 48.5 Å². The smallest absolute Gasteiger partial charge is 0.0774 e. The molecule has 1 heterocycles. The maximum Gasteiger partial charge on any atom is 0.0774 e. The molecule has 0 saturated carbocycles. The summed E-state index contributed by atoms with van der Waals surface area (Å²) >= 11 is 0. The van der Waals surface area contributed by atoms with Crippen molar-refractivity contribution >= 4 is 23.9 Å². The predicted molar refractivity (Wildman–Crippen MR) is 95.1 cm³/mol. The van der Waals surface area contributed by atoms with Crippen molar-refractivity contribution in [1.82, 2.24) is 4.98 Å². The number of aromatic nitrogens is 1. The third kappa shape index (κ3) is 2.89. The van der Waals surface area contributed by atoms with Crippen LogP contribution in [0.4, 0.5) is 0 Å². The number of fused-ring (bicyclic) bond motifs is 1. The molecule has 3 aromatic rings. The van der Waals surface area contributed by atoms with Gasteiger partial charge in [0.25, 0.3) is 0 Å². The molecule has 0 bridgehead atoms. The van der Waals surface area contributed by atoms with Gasteiger partial charge in [0.2, 0.25) is 0 Å². The van der Waals surface area contributed by atoms with E-state index in [1.807, 2.05) is 42.5 Å². The van der Waals surface area contributed by atoms with Crippen LogP contribution in [-0.4, -0.2) is 4.98 Å². The van der Waals surface area contributed by atoms with E-state index in [-0.39, 0.29) is 0 Å². The molecule has 1 nitrogen and oxygen atoms in total. The highest BCUT2D eigenvalue weighted by molar-refractivity contribution is 5.95. The normalized spacial score (nSPS) is 10.2. The molecule has 0 fully saturated rings. The van der Waals surface area contributed by atoms with Crippen LogP contribution in [0.1, 0.15) is 0 Å². The summed E-state index contributed by atoms with van der Waals surface area (Å²) in [6.07, 6.45) is 1.79. The topological polar surface area (TPSA) is 12.9 Å². The molecule has 0 N–H and O–H groups in total. The summed E-state index contributed by atoms with van der Waals surface area (Å²) in [5, 5.41) is 4.18. The minimum Gasteiger partial charge on any atom is -0.256 e. The van der Waals surface area contributed by atoms with Gasteiger partial charge >= 0.3 is 0 Å². The Bertz CT molecular complexity index is 967. The van der Waals surface area contributed by atoms with E-state index in [9.17, 15) is 0 Å². The van der Waals surface area contributed by atoms with E-state index in [4.69, 9.17) is 0 Å². The van der Waals surface area contributed by atoms with Gasteiger partial charge in [0, 0.05) is 11.8 Å². The Balaban J connectivity index is 2.37. The Morgan fingerprint density at radius 1 is 0.682 bits per heavy atom. The number of benzene rings is 2. The molecular formula is C21H17N. The van der Waals surface area contributed by atoms with E-state index in [1.54, 1.807) is 6.20 Å². The number of rotatable bonds is 1. The van der Waals surface area contributed by atoms with E-state index < -0.39 is 0 Å². The summed E-state index contributed by atoms with van der Waals surface area (Å²) in [6.45, 7) is 8.12. The van der Waals surface area contributed by atoms with Crippen molar-refractivity contribution in [2.75, 3.05) is 0 Å². The lowest BCUT2D eigenvalue weighted by Gasteiger charge is -2.05. The quantitative estimate of drug-likeness (QED) is 0.661. The maximum absolute atomic E-state index is 4.63. The van der Waals surface area contributed by atoms with Crippen LogP contribution >= 0.6 is 0 Å². The van der Waals surface area contributed by atoms with Gasteiger partial charge in [-0.1, -0.05) is 79.9 Å². The minimum atomic E-state index is 0.882. The molecule has 0 aliphatic rings. The molecule has 0 saturated heterocycles. The second-order valence-corrected chi connectivity index (χ2v) is 5.14. The molecule has 0 radical (unpaired) electrons. The molecular weight excluding hydrogens is 266 g/mol. The second-order valence-electron chi connectivity index (χ2n) is 5.14. The van der Waals surface area contributed by atoms with Crippen LogP contribution < -0.4 is 10.4 Å². The zero-order chi connectivity index (χ0) is 15.4. The monoisotopic (exact) mass is 283 g/mol. The van der Waals surface area contributed by atoms with Crippen molar-refractivity contribution in [2.45, 2.75) is 0 Å². The van der Waals surface area contributed by atoms with Gasteiger partial charge in [0.15, 0.2) is 0 Å². The molecule has 0 amide bonds. The second kappa shape index (κ2) is 6.23. The first kappa shape index (κ1) is 14.0. The first-order valence-electron chi connectivity index (χ1n) is 7.21. The van der Waals surface area contributed by atoms with E-state index in [0.717, 1.165) is 21.7 Å². The molecule has 106 valence electrons. The molecule has 0 unspecified atom stereocenters. The minimum absolute atomic E-state index is 0.882. The summed E-state index contributed by atoms with van der Waals surface area (Å²) in [6, 6.07) is 24.3. The molecule has 0 aliphatic carbocycles. The Labute approximate surface area is 130 Å². The van der Waals surface area contributed by atoms with Crippen molar-refractivity contribution < 1.29 is 0 Å². The van der Waals surface area contributed by atoms with Gasteiger partial charge in [-0.3, -0.25) is 4.98 Å². The largest absolute Gasteiger partial charge is 0.256 e. The van der Waals surface area contributed by atoms with Crippen molar-refractivity contribution in [2.24, 2.45) is 0 Å². The van der Waals surface area contributed by atoms with Crippen LogP contribution in [0.2, 0.25) is 0 Å². The first-order valence-corrected chi connectivity index (χ1v) is 7.21. The van der Waals surface area contributed by atoms with Crippen LogP contribution in [0, 0.1) is 0 Å². The summed E-state index contributed by atoms with van der Waals surface area (Å²) < 4.78 is 0. The van der Waals surface area contributed by atoms with Crippen molar-refractivity contribution in [3.8, 4) is 11.3 Å². The zero-order valence-corrected chi connectivity index (χ0v) is 12.4. The summed E-state index contributed by atoms with van der Waals surface area (Å²) in [7, 11) is 0. The van der Waals surface area contributed by atoms with Gasteiger partial charge < -0.3 is 0 Å². The van der Waals surface area contributed by atoms with Crippen LogP contribution in [0.15, 0.2) is 79.0 Å². The van der Waals surface area contributed by atoms with Crippen LogP contribution in [0.3, 0.4) is 0 Å². The summed E-state index contributed by atoms with van der Waals surface area (Å²) in [5.41, 5.74) is 1.97. The highest BCUT2D eigenvalue weighted by Crippen LogP contribution is 2.24. The molecule has 2 aromatic carbocycles. The SMILES string of the molecule is C=c1ccccc(=C)c(-c2cccc3ccccc23)ncc1. The zero-order valence-electron chi connectivity index (χ0n) is 12.4. The Kier molecular flexibility index (Phi) is 3.97. The standard InChI is InChI=1S/C21H17N/c1-16-8-3-4-9-17(2)21(22-15-14-16)20-13-7-11-18-10-5-6-12-19(18)20/h3-15H,1-2H2. The van der Waals surface area contributed by atoms with Gasteiger partial charge in [-0.15, -0.1) is 0 Å². The molecule has 22 heavy (non-hydrogen) atoms. The first-order chi connectivity index (χ1) is 10.8. The van der Waals surface area contributed by atoms with Crippen molar-refractivity contribution in [3.05, 3.63) is 89.4 Å². The van der Waals surface area contributed by atoms with Crippen LogP contribution in [0.25, 0.3) is 35.2 Å². The number of hydrogen-bond donors (Lipinski definition) is 0. The average Bonchev–Trinajstić information content (AvgIpc) is 2.55. The summed E-state index contributed by atoms with van der Waals surface area (Å²) in [5.74, 6) is 0. The molecule has 1 heteroatoms. The van der Waals surface area contributed by atoms with Gasteiger partial charge in [-0.2, -0.15) is 0 Å². The number of hydrogen-bond acceptors (Lipinski definition) is 1. The molecule has 0 aliphatic heterocycles. The fourth-order valence-corrected chi connectivity index (χ4v) is 2.45. The van der Waals surface area contributed by atoms with Gasteiger partial charge in [0.1, 0.15) is 0 Å². The van der Waals surface area contributed by atoms with E-state index in [1.165, 1.54) is 10.8 Å². The van der Waals surface area contributed by atoms with Gasteiger partial charge in [0.05, 0.1) is 5.69 Å². The Hall–Kier alpha value is -2.93. The van der Waals surface area contributed by atoms with Crippen molar-refractivity contribution in [1.29, 1.82) is 0 Å². The fourth-order valence-electron chi connectivity index (χ4n) is 2.45. The fraction of sp³-hybridized carbons (Fsp3) is 0. The molecule has 0 atom stereocenters. The molecule has 0 spiro atoms. The van der Waals surface area contributed by atoms with E-state index >= 15 is 0 Å². The third-order valence-corrected chi connectivity index (χ3v) is 3.56. The molecule has 3 rings (SSSR count). The summed E-state index contributed by atoms with van der Waals surface area (Å²) in [4.78, 5) is 4.63. The predicted octanol–water partition coefficient (Wildman–Crippen LogP) is 3.85. The third-order valence-electron chi connectivity index (χ3n) is 3.56. The Morgan fingerprint density at radius 2 is 1.41 bits per heavy atom. The lowest BCUT2D eigenvalue weighted by molar-refractivity contribution is 1.33. The average molecular weight is 283 g/mol. The molecule has 1 aromatic heterocycles. The van der Waals surface area contributed by atoms with Crippen LogP contribution in [0.5, 0.6) is 0 Å². The van der Waals surface area contributed by atoms with E-state index in [0.29, 0.717) is 0 Å². The number of nitrogens with zero attached hydrogens (tertiary/aromatic N) is 1. The lowest BCUT2D eigenvalue weighted by Crippen LogP contribution is -2.03.